The third-order valence-electron chi connectivity index (χ3n) is 9.41. The summed E-state index contributed by atoms with van der Waals surface area (Å²) in [6.07, 6.45) is 6.21. The molecule has 3 aliphatic rings. The number of benzene rings is 3. The summed E-state index contributed by atoms with van der Waals surface area (Å²) in [6.45, 7) is 1.84. The largest absolute Gasteiger partial charge is 0.289 e. The van der Waals surface area contributed by atoms with Gasteiger partial charge in [-0.1, -0.05) is 72.8 Å². The maximum absolute atomic E-state index is 13.6. The van der Waals surface area contributed by atoms with Gasteiger partial charge in [-0.15, -0.1) is 0 Å². The Labute approximate surface area is 290 Å². The standard InChI is InChI=1S/C38H45N3O6S2/c42-48(43,46-27-9-7-17-35-32-14-4-1-11-29(32)21-24-39-35)38(20-19-37-34-16-6-3-13-31(34)23-26-41-37)49(44,45)47-28-10-8-18-36-33-15-5-2-12-30(33)22-25-40-36/h1-6,11-16,38H,7-10,17-28H2. The molecule has 49 heavy (non-hydrogen) atoms. The van der Waals surface area contributed by atoms with Crippen molar-refractivity contribution in [3.8, 4) is 0 Å². The lowest BCUT2D eigenvalue weighted by molar-refractivity contribution is 0.292. The summed E-state index contributed by atoms with van der Waals surface area (Å²) in [5.74, 6) is 0. The van der Waals surface area contributed by atoms with Crippen molar-refractivity contribution in [2.24, 2.45) is 15.0 Å². The van der Waals surface area contributed by atoms with Crippen molar-refractivity contribution in [3.05, 3.63) is 106 Å². The van der Waals surface area contributed by atoms with Gasteiger partial charge in [-0.2, -0.15) is 16.8 Å². The van der Waals surface area contributed by atoms with Crippen molar-refractivity contribution >= 4 is 37.4 Å². The topological polar surface area (TPSA) is 124 Å². The van der Waals surface area contributed by atoms with Gasteiger partial charge in [0.25, 0.3) is 20.2 Å². The zero-order chi connectivity index (χ0) is 34.1. The van der Waals surface area contributed by atoms with E-state index in [1.807, 2.05) is 48.5 Å². The maximum atomic E-state index is 13.6. The van der Waals surface area contributed by atoms with Crippen LogP contribution < -0.4 is 0 Å². The quantitative estimate of drug-likeness (QED) is 0.121. The van der Waals surface area contributed by atoms with E-state index in [9.17, 15) is 16.8 Å². The minimum Gasteiger partial charge on any atom is -0.289 e. The third kappa shape index (κ3) is 9.00. The molecule has 0 saturated carbocycles. The zero-order valence-corrected chi connectivity index (χ0v) is 29.6. The van der Waals surface area contributed by atoms with Crippen LogP contribution in [0.15, 0.2) is 87.8 Å². The summed E-state index contributed by atoms with van der Waals surface area (Å²) in [5.41, 5.74) is 9.65. The maximum Gasteiger partial charge on any atom is 0.287 e. The van der Waals surface area contributed by atoms with E-state index in [1.165, 1.54) is 11.1 Å². The Morgan fingerprint density at radius 3 is 1.29 bits per heavy atom. The fraction of sp³-hybridized carbons (Fsp3) is 0.447. The Balaban J connectivity index is 1.06. The van der Waals surface area contributed by atoms with Crippen LogP contribution in [0, 0.1) is 0 Å². The second kappa shape index (κ2) is 16.5. The van der Waals surface area contributed by atoms with Gasteiger partial charge in [0, 0.05) is 36.8 Å². The predicted octanol–water partition coefficient (Wildman–Crippen LogP) is 6.26. The normalized spacial score (nSPS) is 15.9. The summed E-state index contributed by atoms with van der Waals surface area (Å²) in [4.78, 5) is 14.0. The van der Waals surface area contributed by atoms with E-state index < -0.39 is 24.8 Å². The average molecular weight is 704 g/mol. The monoisotopic (exact) mass is 703 g/mol. The van der Waals surface area contributed by atoms with Crippen molar-refractivity contribution in [1.29, 1.82) is 0 Å². The molecule has 260 valence electrons. The number of aliphatic imine (C=N–C) groups is 3. The number of hydrogen-bond donors (Lipinski definition) is 0. The molecule has 0 bridgehead atoms. The first-order valence-electron chi connectivity index (χ1n) is 17.4. The molecule has 0 aliphatic carbocycles. The van der Waals surface area contributed by atoms with Crippen LogP contribution in [-0.4, -0.2) is 71.4 Å². The van der Waals surface area contributed by atoms with Crippen molar-refractivity contribution in [1.82, 2.24) is 0 Å². The van der Waals surface area contributed by atoms with Crippen molar-refractivity contribution < 1.29 is 25.2 Å². The Morgan fingerprint density at radius 1 is 0.510 bits per heavy atom. The molecule has 3 heterocycles. The SMILES string of the molecule is O=S(=O)(OCCCCC1=NCCc2ccccc21)C(CCC1=NCCc2ccccc21)S(=O)(=O)OCCCCC1=NCCc2ccccc21. The molecule has 3 aliphatic heterocycles. The summed E-state index contributed by atoms with van der Waals surface area (Å²) in [6, 6.07) is 24.3. The molecule has 0 aromatic heterocycles. The van der Waals surface area contributed by atoms with Crippen LogP contribution in [0.1, 0.15) is 84.7 Å². The molecule has 0 fully saturated rings. The van der Waals surface area contributed by atoms with Crippen LogP contribution in [0.2, 0.25) is 0 Å². The molecule has 9 nitrogen and oxygen atoms in total. The highest BCUT2D eigenvalue weighted by Gasteiger charge is 2.40. The molecule has 11 heteroatoms. The first-order chi connectivity index (χ1) is 23.8. The van der Waals surface area contributed by atoms with Gasteiger partial charge in [0.05, 0.1) is 13.2 Å². The summed E-state index contributed by atoms with van der Waals surface area (Å²) < 4.78 is 63.3. The summed E-state index contributed by atoms with van der Waals surface area (Å²) in [5, 5.41) is 0. The lowest BCUT2D eigenvalue weighted by Gasteiger charge is -2.21. The number of nitrogens with zero attached hydrogens (tertiary/aromatic N) is 3. The molecule has 0 amide bonds. The Bertz CT molecular complexity index is 1830. The molecule has 0 saturated heterocycles. The van der Waals surface area contributed by atoms with Gasteiger partial charge in [-0.05, 0) is 104 Å². The van der Waals surface area contributed by atoms with Crippen LogP contribution in [0.5, 0.6) is 0 Å². The molecular weight excluding hydrogens is 659 g/mol. The van der Waals surface area contributed by atoms with Gasteiger partial charge in [0.2, 0.25) is 4.58 Å². The summed E-state index contributed by atoms with van der Waals surface area (Å²) >= 11 is 0. The molecule has 0 atom stereocenters. The van der Waals surface area contributed by atoms with Crippen LogP contribution in [0.4, 0.5) is 0 Å². The molecule has 0 spiro atoms. The van der Waals surface area contributed by atoms with Gasteiger partial charge >= 0.3 is 0 Å². The average Bonchev–Trinajstić information content (AvgIpc) is 3.11. The van der Waals surface area contributed by atoms with Crippen LogP contribution in [-0.2, 0) is 47.9 Å². The Morgan fingerprint density at radius 2 is 0.878 bits per heavy atom. The molecule has 0 radical (unpaired) electrons. The fourth-order valence-corrected chi connectivity index (χ4v) is 10.2. The van der Waals surface area contributed by atoms with Gasteiger partial charge < -0.3 is 0 Å². The molecule has 3 aromatic carbocycles. The highest BCUT2D eigenvalue weighted by Crippen LogP contribution is 2.26. The first kappa shape index (κ1) is 35.3. The number of fused-ring (bicyclic) bond motifs is 3. The van der Waals surface area contributed by atoms with Gasteiger partial charge in [-0.25, -0.2) is 0 Å². The lowest BCUT2D eigenvalue weighted by atomic mass is 9.95. The van der Waals surface area contributed by atoms with Crippen LogP contribution >= 0.6 is 0 Å². The van der Waals surface area contributed by atoms with Crippen molar-refractivity contribution in [2.45, 2.75) is 75.2 Å². The molecule has 0 unspecified atom stereocenters. The fourth-order valence-electron chi connectivity index (χ4n) is 6.87. The summed E-state index contributed by atoms with van der Waals surface area (Å²) in [7, 11) is -9.05. The highest BCUT2D eigenvalue weighted by molar-refractivity contribution is 8.04. The van der Waals surface area contributed by atoms with E-state index in [2.05, 4.69) is 39.2 Å². The van der Waals surface area contributed by atoms with Crippen LogP contribution in [0.3, 0.4) is 0 Å². The van der Waals surface area contributed by atoms with Crippen LogP contribution in [0.25, 0.3) is 0 Å². The molecule has 3 aromatic rings. The second-order valence-electron chi connectivity index (χ2n) is 12.7. The first-order valence-corrected chi connectivity index (χ1v) is 20.4. The van der Waals surface area contributed by atoms with Gasteiger partial charge in [0.1, 0.15) is 0 Å². The Kier molecular flexibility index (Phi) is 11.9. The van der Waals surface area contributed by atoms with E-state index >= 15 is 0 Å². The number of hydrogen-bond acceptors (Lipinski definition) is 9. The molecule has 6 rings (SSSR count). The number of unbranched alkanes of at least 4 members (excludes halogenated alkanes) is 2. The zero-order valence-electron chi connectivity index (χ0n) is 27.9. The Hall–Kier alpha value is -3.51. The van der Waals surface area contributed by atoms with E-state index in [4.69, 9.17) is 8.37 Å². The minimum atomic E-state index is -4.52. The van der Waals surface area contributed by atoms with E-state index in [0.717, 1.165) is 66.0 Å². The van der Waals surface area contributed by atoms with Crippen molar-refractivity contribution in [2.75, 3.05) is 32.8 Å². The number of rotatable bonds is 17. The van der Waals surface area contributed by atoms with E-state index in [-0.39, 0.29) is 26.1 Å². The molecular formula is C38H45N3O6S2. The highest BCUT2D eigenvalue weighted by atomic mass is 32.3. The lowest BCUT2D eigenvalue weighted by Crippen LogP contribution is -2.34. The van der Waals surface area contributed by atoms with Gasteiger partial charge in [-0.3, -0.25) is 23.3 Å². The molecule has 0 N–H and O–H groups in total. The third-order valence-corrected chi connectivity index (χ3v) is 13.6. The van der Waals surface area contributed by atoms with Crippen molar-refractivity contribution in [3.63, 3.8) is 0 Å². The second-order valence-corrected chi connectivity index (χ2v) is 16.6. The smallest absolute Gasteiger partial charge is 0.287 e. The van der Waals surface area contributed by atoms with E-state index in [1.54, 1.807) is 0 Å². The minimum absolute atomic E-state index is 0.114. The van der Waals surface area contributed by atoms with Gasteiger partial charge in [0.15, 0.2) is 0 Å². The van der Waals surface area contributed by atoms with E-state index in [0.29, 0.717) is 50.8 Å². The predicted molar refractivity (Wildman–Crippen MR) is 195 cm³/mol.